The number of nitrogens with zero attached hydrogens (tertiary/aromatic N) is 3. The highest BCUT2D eigenvalue weighted by Crippen LogP contribution is 2.30. The van der Waals surface area contributed by atoms with E-state index in [1.165, 1.54) is 0 Å². The summed E-state index contributed by atoms with van der Waals surface area (Å²) >= 11 is 0. The summed E-state index contributed by atoms with van der Waals surface area (Å²) in [6.07, 6.45) is 13.3. The molecule has 0 fully saturated rings. The zero-order valence-electron chi connectivity index (χ0n) is 18.9. The number of ether oxygens (including phenoxy) is 1. The third kappa shape index (κ3) is 4.90. The summed E-state index contributed by atoms with van der Waals surface area (Å²) in [4.78, 5) is 14.0. The highest BCUT2D eigenvalue weighted by molar-refractivity contribution is 6.07. The maximum atomic E-state index is 5.42. The molecule has 0 spiro atoms. The van der Waals surface area contributed by atoms with Crippen LogP contribution in [0.1, 0.15) is 24.8 Å². The van der Waals surface area contributed by atoms with E-state index in [1.54, 1.807) is 7.11 Å². The molecule has 33 heavy (non-hydrogen) atoms. The van der Waals surface area contributed by atoms with E-state index in [4.69, 9.17) is 9.73 Å². The lowest BCUT2D eigenvalue weighted by molar-refractivity contribution is 0.415. The molecule has 2 unspecified atom stereocenters. The number of anilines is 1. The van der Waals surface area contributed by atoms with Gasteiger partial charge in [-0.2, -0.15) is 0 Å². The Bertz CT molecular complexity index is 1150. The van der Waals surface area contributed by atoms with E-state index in [-0.39, 0.29) is 12.2 Å². The molecule has 3 aliphatic rings. The molecule has 6 nitrogen and oxygen atoms in total. The lowest BCUT2D eigenvalue weighted by Gasteiger charge is -2.32. The number of hydrogen-bond acceptors (Lipinski definition) is 5. The smallest absolute Gasteiger partial charge is 0.132 e. The zero-order valence-corrected chi connectivity index (χ0v) is 18.9. The summed E-state index contributed by atoms with van der Waals surface area (Å²) < 4.78 is 5.42. The fourth-order valence-electron chi connectivity index (χ4n) is 4.29. The summed E-state index contributed by atoms with van der Waals surface area (Å²) in [6.45, 7) is 1.56. The topological polar surface area (TPSA) is 70.4 Å². The van der Waals surface area contributed by atoms with Gasteiger partial charge in [0.05, 0.1) is 13.2 Å². The van der Waals surface area contributed by atoms with E-state index in [1.807, 2.05) is 24.6 Å². The molecule has 2 atom stereocenters. The number of nitrogens with one attached hydrogen (secondary N) is 2. The van der Waals surface area contributed by atoms with Crippen LogP contribution in [0.2, 0.25) is 0 Å². The van der Waals surface area contributed by atoms with Crippen LogP contribution in [0.25, 0.3) is 11.1 Å². The van der Waals surface area contributed by atoms with Crippen molar-refractivity contribution in [2.45, 2.75) is 31.5 Å². The molecule has 0 amide bonds. The van der Waals surface area contributed by atoms with Crippen molar-refractivity contribution in [3.63, 3.8) is 0 Å². The number of dihydropyridines is 2. The molecule has 2 aromatic rings. The monoisotopic (exact) mass is 439 g/mol. The molecule has 0 aliphatic carbocycles. The van der Waals surface area contributed by atoms with Gasteiger partial charge in [-0.3, -0.25) is 15.0 Å². The number of benzene rings is 2. The molecule has 0 radical (unpaired) electrons. The van der Waals surface area contributed by atoms with Crippen molar-refractivity contribution in [1.82, 2.24) is 5.32 Å². The minimum Gasteiger partial charge on any atom is -0.497 e. The van der Waals surface area contributed by atoms with E-state index in [0.29, 0.717) is 6.54 Å². The molecule has 0 saturated carbocycles. The van der Waals surface area contributed by atoms with E-state index >= 15 is 0 Å². The van der Waals surface area contributed by atoms with E-state index < -0.39 is 0 Å². The van der Waals surface area contributed by atoms with Crippen LogP contribution in [-0.4, -0.2) is 50.7 Å². The quantitative estimate of drug-likeness (QED) is 0.644. The first-order valence-electron chi connectivity index (χ1n) is 11.5. The van der Waals surface area contributed by atoms with Crippen LogP contribution in [0.4, 0.5) is 5.69 Å². The Kier molecular flexibility index (Phi) is 6.33. The highest BCUT2D eigenvalue weighted by atomic mass is 16.5. The van der Waals surface area contributed by atoms with Crippen molar-refractivity contribution in [2.75, 3.05) is 25.5 Å². The number of amidine groups is 1. The van der Waals surface area contributed by atoms with Gasteiger partial charge in [0.1, 0.15) is 17.8 Å². The van der Waals surface area contributed by atoms with Crippen LogP contribution >= 0.6 is 0 Å². The molecule has 0 saturated heterocycles. The van der Waals surface area contributed by atoms with Gasteiger partial charge in [-0.05, 0) is 48.2 Å². The minimum atomic E-state index is -0.0458. The van der Waals surface area contributed by atoms with Crippen molar-refractivity contribution >= 4 is 24.0 Å². The second-order valence-electron chi connectivity index (χ2n) is 8.32. The Morgan fingerprint density at radius 2 is 2.06 bits per heavy atom. The van der Waals surface area contributed by atoms with E-state index in [0.717, 1.165) is 65.3 Å². The molecule has 2 N–H and O–H groups in total. The SMILES string of the molecule is COc1cccc(-c2ccc3c(c2)C(=NCCC2C=CCC=N2)NC(C2=CCCN=C2)N3)c1. The summed E-state index contributed by atoms with van der Waals surface area (Å²) in [5.41, 5.74) is 5.53. The Morgan fingerprint density at radius 1 is 1.12 bits per heavy atom. The van der Waals surface area contributed by atoms with Crippen LogP contribution in [0.5, 0.6) is 5.75 Å². The van der Waals surface area contributed by atoms with Gasteiger partial charge in [-0.15, -0.1) is 0 Å². The highest BCUT2D eigenvalue weighted by Gasteiger charge is 2.25. The van der Waals surface area contributed by atoms with Crippen LogP contribution < -0.4 is 15.4 Å². The van der Waals surface area contributed by atoms with Gasteiger partial charge in [0.15, 0.2) is 0 Å². The molecule has 0 bridgehead atoms. The van der Waals surface area contributed by atoms with Crippen LogP contribution in [-0.2, 0) is 0 Å². The lowest BCUT2D eigenvalue weighted by Crippen LogP contribution is -2.47. The minimum absolute atomic E-state index is 0.0458. The molecule has 0 aromatic heterocycles. The van der Waals surface area contributed by atoms with Gasteiger partial charge < -0.3 is 15.4 Å². The van der Waals surface area contributed by atoms with Gasteiger partial charge in [-0.25, -0.2) is 0 Å². The van der Waals surface area contributed by atoms with Crippen LogP contribution in [0.3, 0.4) is 0 Å². The normalized spacial score (nSPS) is 22.3. The fourth-order valence-corrected chi connectivity index (χ4v) is 4.29. The molecule has 3 heterocycles. The molecule has 2 aromatic carbocycles. The number of rotatable bonds is 6. The summed E-state index contributed by atoms with van der Waals surface area (Å²) in [5.74, 6) is 1.75. The molecular formula is C27H29N5O. The summed E-state index contributed by atoms with van der Waals surface area (Å²) in [7, 11) is 1.69. The van der Waals surface area contributed by atoms with Crippen molar-refractivity contribution in [3.8, 4) is 16.9 Å². The molecular weight excluding hydrogens is 410 g/mol. The second kappa shape index (κ2) is 9.86. The lowest BCUT2D eigenvalue weighted by atomic mass is 9.98. The third-order valence-electron chi connectivity index (χ3n) is 6.06. The first kappa shape index (κ1) is 21.2. The van der Waals surface area contributed by atoms with Crippen LogP contribution in [0.15, 0.2) is 81.2 Å². The molecule has 5 rings (SSSR count). The third-order valence-corrected chi connectivity index (χ3v) is 6.06. The fraction of sp³-hybridized carbons (Fsp3) is 0.296. The van der Waals surface area contributed by atoms with E-state index in [2.05, 4.69) is 69.2 Å². The predicted octanol–water partition coefficient (Wildman–Crippen LogP) is 4.64. The largest absolute Gasteiger partial charge is 0.497 e. The Morgan fingerprint density at radius 3 is 2.88 bits per heavy atom. The maximum absolute atomic E-state index is 5.42. The van der Waals surface area contributed by atoms with Gasteiger partial charge in [-0.1, -0.05) is 36.4 Å². The number of aliphatic imine (C=N–C) groups is 3. The Hall–Kier alpha value is -3.67. The first-order valence-corrected chi connectivity index (χ1v) is 11.5. The second-order valence-corrected chi connectivity index (χ2v) is 8.32. The van der Waals surface area contributed by atoms with Crippen molar-refractivity contribution in [1.29, 1.82) is 0 Å². The predicted molar refractivity (Wildman–Crippen MR) is 137 cm³/mol. The first-order chi connectivity index (χ1) is 16.3. The van der Waals surface area contributed by atoms with Crippen molar-refractivity contribution in [3.05, 3.63) is 71.8 Å². The van der Waals surface area contributed by atoms with E-state index in [9.17, 15) is 0 Å². The molecule has 3 aliphatic heterocycles. The van der Waals surface area contributed by atoms with Gasteiger partial charge >= 0.3 is 0 Å². The van der Waals surface area contributed by atoms with Crippen LogP contribution in [0, 0.1) is 0 Å². The maximum Gasteiger partial charge on any atom is 0.132 e. The van der Waals surface area contributed by atoms with Gasteiger partial charge in [0.25, 0.3) is 0 Å². The zero-order chi connectivity index (χ0) is 22.5. The number of hydrogen-bond donors (Lipinski definition) is 2. The standard InChI is InChI=1S/C27H29N5O/c1-33-23-9-4-6-19(16-23)20-10-11-25-24(17-20)27(30-15-12-22-8-2-3-14-29-22)32-26(31-25)21-7-5-13-28-18-21/h2,4,6-11,14,16-18,22,26,31H,3,5,12-13,15H2,1H3,(H,30,32). The van der Waals surface area contributed by atoms with Crippen molar-refractivity contribution < 1.29 is 4.74 Å². The molecule has 6 heteroatoms. The average Bonchev–Trinajstić information content (AvgIpc) is 2.89. The van der Waals surface area contributed by atoms with Crippen molar-refractivity contribution in [2.24, 2.45) is 15.0 Å². The number of allylic oxidation sites excluding steroid dienone is 1. The Labute approximate surface area is 194 Å². The van der Waals surface area contributed by atoms with Gasteiger partial charge in [0.2, 0.25) is 0 Å². The summed E-state index contributed by atoms with van der Waals surface area (Å²) in [5, 5.41) is 7.24. The Balaban J connectivity index is 1.45. The molecule has 168 valence electrons. The summed E-state index contributed by atoms with van der Waals surface area (Å²) in [6, 6.07) is 14.8. The van der Waals surface area contributed by atoms with Gasteiger partial charge in [0, 0.05) is 48.8 Å². The number of methoxy groups -OCH3 is 1. The number of fused-ring (bicyclic) bond motifs is 1. The average molecular weight is 440 g/mol.